The molecule has 0 aliphatic heterocycles. The molecule has 0 spiro atoms. The lowest BCUT2D eigenvalue weighted by atomic mass is 10.4. The Kier molecular flexibility index (Phi) is 2.67. The first-order chi connectivity index (χ1) is 7.25. The zero-order valence-electron chi connectivity index (χ0n) is 8.84. The fourth-order valence-electron chi connectivity index (χ4n) is 1.36. The molecule has 0 atom stereocenters. The summed E-state index contributed by atoms with van der Waals surface area (Å²) in [6.45, 7) is 2.61. The SMILES string of the molecule is Cc1ccc(CN(C)c2ncccn2)o1. The third-order valence-electron chi connectivity index (χ3n) is 2.08. The van der Waals surface area contributed by atoms with Crippen molar-refractivity contribution in [3.8, 4) is 0 Å². The molecule has 0 aliphatic rings. The minimum absolute atomic E-state index is 0.678. The topological polar surface area (TPSA) is 42.2 Å². The van der Waals surface area contributed by atoms with Crippen LogP contribution in [0.25, 0.3) is 0 Å². The van der Waals surface area contributed by atoms with E-state index in [-0.39, 0.29) is 0 Å². The number of aryl methyl sites for hydroxylation is 1. The van der Waals surface area contributed by atoms with Crippen molar-refractivity contribution < 1.29 is 4.42 Å². The van der Waals surface area contributed by atoms with Gasteiger partial charge < -0.3 is 9.32 Å². The van der Waals surface area contributed by atoms with Crippen LogP contribution >= 0.6 is 0 Å². The lowest BCUT2D eigenvalue weighted by Crippen LogP contribution is -2.18. The molecule has 0 N–H and O–H groups in total. The predicted octanol–water partition coefficient (Wildman–Crippen LogP) is 2.01. The van der Waals surface area contributed by atoms with E-state index >= 15 is 0 Å². The molecule has 2 rings (SSSR count). The van der Waals surface area contributed by atoms with Gasteiger partial charge in [-0.25, -0.2) is 9.97 Å². The lowest BCUT2D eigenvalue weighted by molar-refractivity contribution is 0.480. The lowest BCUT2D eigenvalue weighted by Gasteiger charge is -2.14. The van der Waals surface area contributed by atoms with Crippen LogP contribution in [0.15, 0.2) is 35.0 Å². The summed E-state index contributed by atoms with van der Waals surface area (Å²) in [5.74, 6) is 2.54. The molecule has 0 unspecified atom stereocenters. The maximum atomic E-state index is 5.48. The third kappa shape index (κ3) is 2.34. The fourth-order valence-corrected chi connectivity index (χ4v) is 1.36. The standard InChI is InChI=1S/C11H13N3O/c1-9-4-5-10(15-9)8-14(2)11-12-6-3-7-13-11/h3-7H,8H2,1-2H3. The van der Waals surface area contributed by atoms with Gasteiger partial charge in [0.05, 0.1) is 6.54 Å². The first-order valence-corrected chi connectivity index (χ1v) is 4.79. The maximum Gasteiger partial charge on any atom is 0.225 e. The third-order valence-corrected chi connectivity index (χ3v) is 2.08. The van der Waals surface area contributed by atoms with E-state index in [0.717, 1.165) is 11.5 Å². The van der Waals surface area contributed by atoms with Gasteiger partial charge in [-0.1, -0.05) is 0 Å². The quantitative estimate of drug-likeness (QED) is 0.765. The molecule has 4 heteroatoms. The molecule has 78 valence electrons. The molecule has 0 aromatic carbocycles. The van der Waals surface area contributed by atoms with E-state index in [9.17, 15) is 0 Å². The summed E-state index contributed by atoms with van der Waals surface area (Å²) in [5, 5.41) is 0. The molecule has 0 radical (unpaired) electrons. The molecule has 0 amide bonds. The normalized spacial score (nSPS) is 10.3. The molecule has 2 heterocycles. The number of hydrogen-bond donors (Lipinski definition) is 0. The molecular formula is C11H13N3O. The van der Waals surface area contributed by atoms with Gasteiger partial charge in [0.25, 0.3) is 0 Å². The van der Waals surface area contributed by atoms with Crippen molar-refractivity contribution in [3.63, 3.8) is 0 Å². The van der Waals surface area contributed by atoms with Gasteiger partial charge in [0.1, 0.15) is 11.5 Å². The molecule has 2 aromatic rings. The Morgan fingerprint density at radius 1 is 1.27 bits per heavy atom. The zero-order valence-corrected chi connectivity index (χ0v) is 8.84. The number of aromatic nitrogens is 2. The highest BCUT2D eigenvalue weighted by molar-refractivity contribution is 5.27. The van der Waals surface area contributed by atoms with E-state index in [1.165, 1.54) is 0 Å². The van der Waals surface area contributed by atoms with Gasteiger partial charge in [-0.2, -0.15) is 0 Å². The van der Waals surface area contributed by atoms with Crippen molar-refractivity contribution in [1.82, 2.24) is 9.97 Å². The molecule has 0 bridgehead atoms. The second-order valence-electron chi connectivity index (χ2n) is 3.42. The fraction of sp³-hybridized carbons (Fsp3) is 0.273. The van der Waals surface area contributed by atoms with Crippen molar-refractivity contribution in [2.24, 2.45) is 0 Å². The minimum Gasteiger partial charge on any atom is -0.464 e. The maximum absolute atomic E-state index is 5.48. The average Bonchev–Trinajstić information content (AvgIpc) is 2.65. The van der Waals surface area contributed by atoms with Crippen molar-refractivity contribution in [2.45, 2.75) is 13.5 Å². The summed E-state index contributed by atoms with van der Waals surface area (Å²) in [6.07, 6.45) is 3.46. The van der Waals surface area contributed by atoms with Crippen LogP contribution in [0.2, 0.25) is 0 Å². The van der Waals surface area contributed by atoms with Crippen LogP contribution in [-0.4, -0.2) is 17.0 Å². The van der Waals surface area contributed by atoms with E-state index in [4.69, 9.17) is 4.42 Å². The highest BCUT2D eigenvalue weighted by atomic mass is 16.3. The van der Waals surface area contributed by atoms with Crippen molar-refractivity contribution in [1.29, 1.82) is 0 Å². The van der Waals surface area contributed by atoms with Crippen LogP contribution in [0.4, 0.5) is 5.95 Å². The molecule has 0 fully saturated rings. The summed E-state index contributed by atoms with van der Waals surface area (Å²) in [6, 6.07) is 5.72. The van der Waals surface area contributed by atoms with Crippen molar-refractivity contribution in [3.05, 3.63) is 42.1 Å². The Morgan fingerprint density at radius 3 is 2.60 bits per heavy atom. The van der Waals surface area contributed by atoms with Gasteiger partial charge in [0, 0.05) is 19.4 Å². The smallest absolute Gasteiger partial charge is 0.225 e. The first-order valence-electron chi connectivity index (χ1n) is 4.79. The van der Waals surface area contributed by atoms with Gasteiger partial charge in [0.15, 0.2) is 0 Å². The highest BCUT2D eigenvalue weighted by Crippen LogP contribution is 2.11. The molecule has 15 heavy (non-hydrogen) atoms. The van der Waals surface area contributed by atoms with Gasteiger partial charge >= 0.3 is 0 Å². The molecule has 4 nitrogen and oxygen atoms in total. The van der Waals surface area contributed by atoms with Crippen LogP contribution in [0.3, 0.4) is 0 Å². The Morgan fingerprint density at radius 2 is 2.00 bits per heavy atom. The van der Waals surface area contributed by atoms with Crippen molar-refractivity contribution >= 4 is 5.95 Å². The van der Waals surface area contributed by atoms with E-state index in [2.05, 4.69) is 9.97 Å². The van der Waals surface area contributed by atoms with Gasteiger partial charge in [-0.3, -0.25) is 0 Å². The van der Waals surface area contributed by atoms with Gasteiger partial charge in [-0.15, -0.1) is 0 Å². The number of hydrogen-bond acceptors (Lipinski definition) is 4. The molecule has 0 saturated heterocycles. The van der Waals surface area contributed by atoms with Crippen LogP contribution in [0.5, 0.6) is 0 Å². The van der Waals surface area contributed by atoms with E-state index in [1.807, 2.05) is 31.0 Å². The predicted molar refractivity (Wildman–Crippen MR) is 57.6 cm³/mol. The van der Waals surface area contributed by atoms with E-state index in [1.54, 1.807) is 18.5 Å². The van der Waals surface area contributed by atoms with E-state index in [0.29, 0.717) is 12.5 Å². The van der Waals surface area contributed by atoms with Crippen LogP contribution in [-0.2, 0) is 6.54 Å². The Bertz CT molecular complexity index is 424. The summed E-state index contributed by atoms with van der Waals surface area (Å²) in [5.41, 5.74) is 0. The minimum atomic E-state index is 0.678. The number of nitrogens with zero attached hydrogens (tertiary/aromatic N) is 3. The summed E-state index contributed by atoms with van der Waals surface area (Å²) in [4.78, 5) is 10.3. The monoisotopic (exact) mass is 203 g/mol. The second kappa shape index (κ2) is 4.13. The Balaban J connectivity index is 2.07. The number of rotatable bonds is 3. The molecule has 0 aliphatic carbocycles. The van der Waals surface area contributed by atoms with Crippen molar-refractivity contribution in [2.75, 3.05) is 11.9 Å². The molecule has 2 aromatic heterocycles. The van der Waals surface area contributed by atoms with Gasteiger partial charge in [0.2, 0.25) is 5.95 Å². The van der Waals surface area contributed by atoms with Crippen LogP contribution in [0, 0.1) is 6.92 Å². The van der Waals surface area contributed by atoms with Crippen LogP contribution in [0.1, 0.15) is 11.5 Å². The first kappa shape index (κ1) is 9.71. The highest BCUT2D eigenvalue weighted by Gasteiger charge is 2.06. The van der Waals surface area contributed by atoms with Gasteiger partial charge in [-0.05, 0) is 25.1 Å². The Hall–Kier alpha value is -1.84. The zero-order chi connectivity index (χ0) is 10.7. The molecular weight excluding hydrogens is 190 g/mol. The largest absolute Gasteiger partial charge is 0.464 e. The number of furan rings is 1. The summed E-state index contributed by atoms with van der Waals surface area (Å²) >= 11 is 0. The van der Waals surface area contributed by atoms with E-state index < -0.39 is 0 Å². The second-order valence-corrected chi connectivity index (χ2v) is 3.42. The number of anilines is 1. The Labute approximate surface area is 88.6 Å². The summed E-state index contributed by atoms with van der Waals surface area (Å²) in [7, 11) is 1.94. The summed E-state index contributed by atoms with van der Waals surface area (Å²) < 4.78 is 5.48. The van der Waals surface area contributed by atoms with Crippen LogP contribution < -0.4 is 4.90 Å². The molecule has 0 saturated carbocycles. The average molecular weight is 203 g/mol.